The number of hydrogen-bond acceptors (Lipinski definition) is 2. The van der Waals surface area contributed by atoms with Crippen molar-refractivity contribution in [1.29, 1.82) is 0 Å². The average Bonchev–Trinajstić information content (AvgIpc) is 2.65. The molecule has 1 aromatic heterocycles. The standard InChI is InChI=1S/C13H20N2O2/c1-10(2)13(16)15-7-11-5-4-6-14(11)8-12(9-15)17-3/h4-6,10,12H,7-9H2,1-3H3/t12-/m0/s1. The normalized spacial score (nSPS) is 20.2. The van der Waals surface area contributed by atoms with Crippen molar-refractivity contribution in [1.82, 2.24) is 9.47 Å². The zero-order chi connectivity index (χ0) is 12.4. The van der Waals surface area contributed by atoms with Crippen molar-refractivity contribution in [2.75, 3.05) is 13.7 Å². The van der Waals surface area contributed by atoms with E-state index in [4.69, 9.17) is 4.74 Å². The van der Waals surface area contributed by atoms with Gasteiger partial charge in [0.1, 0.15) is 0 Å². The van der Waals surface area contributed by atoms with Crippen molar-refractivity contribution in [3.05, 3.63) is 24.0 Å². The van der Waals surface area contributed by atoms with E-state index in [1.165, 1.54) is 5.69 Å². The molecule has 2 heterocycles. The first-order valence-corrected chi connectivity index (χ1v) is 6.07. The molecule has 0 aromatic carbocycles. The number of nitrogens with zero attached hydrogens (tertiary/aromatic N) is 2. The molecule has 17 heavy (non-hydrogen) atoms. The maximum atomic E-state index is 12.1. The lowest BCUT2D eigenvalue weighted by Gasteiger charge is -2.25. The summed E-state index contributed by atoms with van der Waals surface area (Å²) >= 11 is 0. The number of methoxy groups -OCH3 is 1. The lowest BCUT2D eigenvalue weighted by atomic mass is 10.1. The Balaban J connectivity index is 2.22. The fraction of sp³-hybridized carbons (Fsp3) is 0.615. The number of rotatable bonds is 2. The Morgan fingerprint density at radius 3 is 2.88 bits per heavy atom. The lowest BCUT2D eigenvalue weighted by Crippen LogP contribution is -2.39. The molecule has 0 bridgehead atoms. The highest BCUT2D eigenvalue weighted by molar-refractivity contribution is 5.78. The van der Waals surface area contributed by atoms with Crippen LogP contribution in [0.3, 0.4) is 0 Å². The average molecular weight is 236 g/mol. The monoisotopic (exact) mass is 236 g/mol. The molecule has 0 saturated heterocycles. The third kappa shape index (κ3) is 2.52. The summed E-state index contributed by atoms with van der Waals surface area (Å²) in [5, 5.41) is 0. The van der Waals surface area contributed by atoms with Crippen LogP contribution in [0.1, 0.15) is 19.5 Å². The summed E-state index contributed by atoms with van der Waals surface area (Å²) in [7, 11) is 1.71. The van der Waals surface area contributed by atoms with Crippen LogP contribution in [-0.4, -0.2) is 35.1 Å². The van der Waals surface area contributed by atoms with Crippen LogP contribution in [0.5, 0.6) is 0 Å². The molecule has 0 aliphatic carbocycles. The summed E-state index contributed by atoms with van der Waals surface area (Å²) in [4.78, 5) is 14.0. The maximum Gasteiger partial charge on any atom is 0.225 e. The second kappa shape index (κ2) is 4.92. The van der Waals surface area contributed by atoms with Gasteiger partial charge in [0.15, 0.2) is 0 Å². The number of carbonyl (C=O) groups is 1. The SMILES string of the molecule is CO[C@@H]1CN(C(=O)C(C)C)Cc2cccn2C1. The number of aromatic nitrogens is 1. The third-order valence-corrected chi connectivity index (χ3v) is 3.24. The minimum Gasteiger partial charge on any atom is -0.378 e. The second-order valence-corrected chi connectivity index (χ2v) is 4.88. The molecule has 0 saturated carbocycles. The van der Waals surface area contributed by atoms with Crippen molar-refractivity contribution >= 4 is 5.91 Å². The van der Waals surface area contributed by atoms with Gasteiger partial charge in [-0.25, -0.2) is 0 Å². The number of amides is 1. The van der Waals surface area contributed by atoms with Crippen LogP contribution in [0.25, 0.3) is 0 Å². The van der Waals surface area contributed by atoms with Crippen molar-refractivity contribution in [2.45, 2.75) is 33.0 Å². The summed E-state index contributed by atoms with van der Waals surface area (Å²) in [5.41, 5.74) is 1.18. The van der Waals surface area contributed by atoms with E-state index in [0.29, 0.717) is 13.1 Å². The Labute approximate surface area is 102 Å². The summed E-state index contributed by atoms with van der Waals surface area (Å²) in [6.07, 6.45) is 2.12. The van der Waals surface area contributed by atoms with Gasteiger partial charge in [-0.15, -0.1) is 0 Å². The van der Waals surface area contributed by atoms with E-state index >= 15 is 0 Å². The first-order valence-electron chi connectivity index (χ1n) is 6.07. The number of carbonyl (C=O) groups excluding carboxylic acids is 1. The van der Waals surface area contributed by atoms with Gasteiger partial charge in [-0.2, -0.15) is 0 Å². The highest BCUT2D eigenvalue weighted by atomic mass is 16.5. The van der Waals surface area contributed by atoms with Gasteiger partial charge in [0.05, 0.1) is 19.2 Å². The van der Waals surface area contributed by atoms with E-state index < -0.39 is 0 Å². The number of fused-ring (bicyclic) bond motifs is 1. The summed E-state index contributed by atoms with van der Waals surface area (Å²) in [6.45, 7) is 6.06. The lowest BCUT2D eigenvalue weighted by molar-refractivity contribution is -0.136. The Morgan fingerprint density at radius 2 is 2.24 bits per heavy atom. The first kappa shape index (κ1) is 12.2. The number of hydrogen-bond donors (Lipinski definition) is 0. The largest absolute Gasteiger partial charge is 0.378 e. The predicted molar refractivity (Wildman–Crippen MR) is 65.5 cm³/mol. The van der Waals surface area contributed by atoms with Crippen LogP contribution < -0.4 is 0 Å². The van der Waals surface area contributed by atoms with Gasteiger partial charge in [0, 0.05) is 31.5 Å². The van der Waals surface area contributed by atoms with Gasteiger partial charge < -0.3 is 14.2 Å². The van der Waals surface area contributed by atoms with Gasteiger partial charge in [0.25, 0.3) is 0 Å². The topological polar surface area (TPSA) is 34.5 Å². The minimum absolute atomic E-state index is 0.0361. The molecule has 0 N–H and O–H groups in total. The maximum absolute atomic E-state index is 12.1. The number of ether oxygens (including phenoxy) is 1. The molecule has 0 fully saturated rings. The zero-order valence-corrected chi connectivity index (χ0v) is 10.7. The molecule has 0 radical (unpaired) electrons. The molecule has 1 atom stereocenters. The third-order valence-electron chi connectivity index (χ3n) is 3.24. The molecule has 4 nitrogen and oxygen atoms in total. The molecule has 0 spiro atoms. The molecule has 0 unspecified atom stereocenters. The van der Waals surface area contributed by atoms with E-state index in [1.54, 1.807) is 7.11 Å². The van der Waals surface area contributed by atoms with Gasteiger partial charge in [-0.3, -0.25) is 4.79 Å². The van der Waals surface area contributed by atoms with Crippen molar-refractivity contribution in [3.8, 4) is 0 Å². The molecule has 1 aliphatic heterocycles. The summed E-state index contributed by atoms with van der Waals surface area (Å²) < 4.78 is 7.61. The van der Waals surface area contributed by atoms with Crippen LogP contribution in [0, 0.1) is 5.92 Å². The van der Waals surface area contributed by atoms with Crippen LogP contribution >= 0.6 is 0 Å². The van der Waals surface area contributed by atoms with E-state index in [9.17, 15) is 4.79 Å². The van der Waals surface area contributed by atoms with Gasteiger partial charge in [-0.1, -0.05) is 13.8 Å². The highest BCUT2D eigenvalue weighted by Crippen LogP contribution is 2.16. The molecule has 2 rings (SSSR count). The van der Waals surface area contributed by atoms with E-state index in [2.05, 4.69) is 10.6 Å². The Kier molecular flexibility index (Phi) is 3.52. The van der Waals surface area contributed by atoms with Crippen molar-refractivity contribution < 1.29 is 9.53 Å². The van der Waals surface area contributed by atoms with Gasteiger partial charge >= 0.3 is 0 Å². The van der Waals surface area contributed by atoms with Crippen molar-refractivity contribution in [3.63, 3.8) is 0 Å². The van der Waals surface area contributed by atoms with Crippen LogP contribution in [-0.2, 0) is 22.6 Å². The van der Waals surface area contributed by atoms with Crippen LogP contribution in [0.4, 0.5) is 0 Å². The Bertz CT molecular complexity index is 398. The van der Waals surface area contributed by atoms with Gasteiger partial charge in [-0.05, 0) is 12.1 Å². The Morgan fingerprint density at radius 1 is 1.47 bits per heavy atom. The smallest absolute Gasteiger partial charge is 0.225 e. The molecule has 94 valence electrons. The molecular formula is C13H20N2O2. The molecule has 1 amide bonds. The zero-order valence-electron chi connectivity index (χ0n) is 10.7. The molecule has 1 aromatic rings. The first-order chi connectivity index (χ1) is 8.11. The van der Waals surface area contributed by atoms with E-state index in [-0.39, 0.29) is 17.9 Å². The van der Waals surface area contributed by atoms with Crippen LogP contribution in [0.2, 0.25) is 0 Å². The quantitative estimate of drug-likeness (QED) is 0.780. The summed E-state index contributed by atoms with van der Waals surface area (Å²) in [6, 6.07) is 4.09. The van der Waals surface area contributed by atoms with Gasteiger partial charge in [0.2, 0.25) is 5.91 Å². The predicted octanol–water partition coefficient (Wildman–Crippen LogP) is 1.50. The van der Waals surface area contributed by atoms with E-state index in [1.807, 2.05) is 31.0 Å². The molecule has 1 aliphatic rings. The van der Waals surface area contributed by atoms with Crippen LogP contribution in [0.15, 0.2) is 18.3 Å². The van der Waals surface area contributed by atoms with Crippen molar-refractivity contribution in [2.24, 2.45) is 5.92 Å². The molecular weight excluding hydrogens is 216 g/mol. The second-order valence-electron chi connectivity index (χ2n) is 4.88. The molecule has 4 heteroatoms. The fourth-order valence-electron chi connectivity index (χ4n) is 2.24. The fourth-order valence-corrected chi connectivity index (χ4v) is 2.24. The highest BCUT2D eigenvalue weighted by Gasteiger charge is 2.25. The summed E-state index contributed by atoms with van der Waals surface area (Å²) in [5.74, 6) is 0.232. The minimum atomic E-state index is 0.0361. The Hall–Kier alpha value is -1.29. The van der Waals surface area contributed by atoms with E-state index in [0.717, 1.165) is 6.54 Å².